The summed E-state index contributed by atoms with van der Waals surface area (Å²) in [5.41, 5.74) is 0.894. The Hall–Kier alpha value is -2.13. The lowest BCUT2D eigenvalue weighted by molar-refractivity contribution is 0.103. The van der Waals surface area contributed by atoms with Gasteiger partial charge in [-0.2, -0.15) is 0 Å². The number of aryl methyl sites for hydroxylation is 1. The zero-order valence-electron chi connectivity index (χ0n) is 11.3. The van der Waals surface area contributed by atoms with Crippen molar-refractivity contribution in [2.75, 3.05) is 0 Å². The summed E-state index contributed by atoms with van der Waals surface area (Å²) in [5.74, 6) is -0.528. The molecular weight excluding hydrogens is 291 g/mol. The molecule has 0 unspecified atom stereocenters. The molecule has 0 N–H and O–H groups in total. The average Bonchev–Trinajstić information content (AvgIpc) is 2.85. The number of para-hydroxylation sites is 1. The fraction of sp³-hybridized carbons (Fsp3) is 0.118. The lowest BCUT2D eigenvalue weighted by Gasteiger charge is -2.05. The van der Waals surface area contributed by atoms with Crippen LogP contribution in [0.3, 0.4) is 0 Å². The van der Waals surface area contributed by atoms with E-state index in [0.29, 0.717) is 28.7 Å². The second-order valence-electron chi connectivity index (χ2n) is 4.68. The summed E-state index contributed by atoms with van der Waals surface area (Å²) >= 11 is 6.00. The fourth-order valence-electron chi connectivity index (χ4n) is 2.43. The standard InChI is InChI=1S/C17H12ClFO2/c1-2-13-15(10-6-3-4-9-14(10)21-13)17(20)16-11(18)7-5-8-12(16)19/h3-9H,2H2,1H3. The van der Waals surface area contributed by atoms with Crippen LogP contribution in [0.1, 0.15) is 28.6 Å². The molecule has 2 nitrogen and oxygen atoms in total. The predicted molar refractivity (Wildman–Crippen MR) is 80.4 cm³/mol. The van der Waals surface area contributed by atoms with Crippen LogP contribution >= 0.6 is 11.6 Å². The van der Waals surface area contributed by atoms with E-state index in [1.807, 2.05) is 19.1 Å². The Balaban J connectivity index is 2.27. The molecule has 0 fully saturated rings. The number of benzene rings is 2. The zero-order chi connectivity index (χ0) is 15.0. The summed E-state index contributed by atoms with van der Waals surface area (Å²) < 4.78 is 19.7. The molecule has 0 bridgehead atoms. The van der Waals surface area contributed by atoms with Gasteiger partial charge in [0.15, 0.2) is 0 Å². The minimum atomic E-state index is -0.625. The van der Waals surface area contributed by atoms with Crippen molar-refractivity contribution in [3.05, 3.63) is 70.2 Å². The van der Waals surface area contributed by atoms with E-state index in [2.05, 4.69) is 0 Å². The Kier molecular flexibility index (Phi) is 3.52. The van der Waals surface area contributed by atoms with Crippen LogP contribution in [0.25, 0.3) is 11.0 Å². The van der Waals surface area contributed by atoms with Crippen molar-refractivity contribution in [1.29, 1.82) is 0 Å². The molecular formula is C17H12ClFO2. The highest BCUT2D eigenvalue weighted by atomic mass is 35.5. The number of halogens is 2. The van der Waals surface area contributed by atoms with Crippen LogP contribution in [0.5, 0.6) is 0 Å². The van der Waals surface area contributed by atoms with Gasteiger partial charge in [-0.25, -0.2) is 4.39 Å². The van der Waals surface area contributed by atoms with Gasteiger partial charge in [-0.05, 0) is 18.2 Å². The first-order valence-corrected chi connectivity index (χ1v) is 7.00. The van der Waals surface area contributed by atoms with Gasteiger partial charge in [0.25, 0.3) is 0 Å². The van der Waals surface area contributed by atoms with Crippen LogP contribution in [0.15, 0.2) is 46.9 Å². The van der Waals surface area contributed by atoms with E-state index < -0.39 is 11.6 Å². The number of ketones is 1. The third-order valence-electron chi connectivity index (χ3n) is 3.41. The van der Waals surface area contributed by atoms with E-state index >= 15 is 0 Å². The smallest absolute Gasteiger partial charge is 0.201 e. The Labute approximate surface area is 126 Å². The van der Waals surface area contributed by atoms with Crippen molar-refractivity contribution in [2.24, 2.45) is 0 Å². The van der Waals surface area contributed by atoms with Crippen LogP contribution in [0, 0.1) is 5.82 Å². The van der Waals surface area contributed by atoms with Gasteiger partial charge in [-0.15, -0.1) is 0 Å². The van der Waals surface area contributed by atoms with Crippen molar-refractivity contribution in [2.45, 2.75) is 13.3 Å². The van der Waals surface area contributed by atoms with Crippen LogP contribution in [0.2, 0.25) is 5.02 Å². The third kappa shape index (κ3) is 2.24. The van der Waals surface area contributed by atoms with Crippen molar-refractivity contribution < 1.29 is 13.6 Å². The molecule has 3 aromatic rings. The Morgan fingerprint density at radius 2 is 1.90 bits per heavy atom. The summed E-state index contributed by atoms with van der Waals surface area (Å²) in [5, 5.41) is 0.783. The molecule has 0 radical (unpaired) electrons. The maximum absolute atomic E-state index is 14.0. The molecule has 0 spiro atoms. The number of carbonyl (C=O) groups is 1. The minimum Gasteiger partial charge on any atom is -0.460 e. The molecule has 3 rings (SSSR count). The largest absolute Gasteiger partial charge is 0.460 e. The summed E-state index contributed by atoms with van der Waals surface area (Å²) in [6.07, 6.45) is 0.543. The molecule has 0 saturated carbocycles. The van der Waals surface area contributed by atoms with Crippen LogP contribution < -0.4 is 0 Å². The lowest BCUT2D eigenvalue weighted by atomic mass is 9.99. The minimum absolute atomic E-state index is 0.104. The van der Waals surface area contributed by atoms with Gasteiger partial charge in [0.2, 0.25) is 5.78 Å². The lowest BCUT2D eigenvalue weighted by Crippen LogP contribution is -2.07. The summed E-state index contributed by atoms with van der Waals surface area (Å²) in [7, 11) is 0. The second-order valence-corrected chi connectivity index (χ2v) is 5.08. The number of rotatable bonds is 3. The number of furan rings is 1. The van der Waals surface area contributed by atoms with Crippen LogP contribution in [0.4, 0.5) is 4.39 Å². The molecule has 4 heteroatoms. The molecule has 0 atom stereocenters. The van der Waals surface area contributed by atoms with Gasteiger partial charge in [0, 0.05) is 11.8 Å². The van der Waals surface area contributed by atoms with Crippen molar-refractivity contribution in [3.63, 3.8) is 0 Å². The summed E-state index contributed by atoms with van der Waals surface area (Å²) in [6, 6.07) is 11.4. The molecule has 0 amide bonds. The maximum Gasteiger partial charge on any atom is 0.201 e. The summed E-state index contributed by atoms with van der Waals surface area (Å²) in [4.78, 5) is 12.8. The van der Waals surface area contributed by atoms with Gasteiger partial charge in [0.1, 0.15) is 17.2 Å². The highest BCUT2D eigenvalue weighted by Gasteiger charge is 2.24. The summed E-state index contributed by atoms with van der Waals surface area (Å²) in [6.45, 7) is 1.89. The number of fused-ring (bicyclic) bond motifs is 1. The van der Waals surface area contributed by atoms with E-state index in [4.69, 9.17) is 16.0 Å². The predicted octanol–water partition coefficient (Wildman–Crippen LogP) is 5.02. The first-order valence-electron chi connectivity index (χ1n) is 6.62. The average molecular weight is 303 g/mol. The van der Waals surface area contributed by atoms with Crippen LogP contribution in [-0.2, 0) is 6.42 Å². The van der Waals surface area contributed by atoms with Gasteiger partial charge < -0.3 is 4.42 Å². The van der Waals surface area contributed by atoms with E-state index in [1.54, 1.807) is 12.1 Å². The van der Waals surface area contributed by atoms with E-state index in [0.717, 1.165) is 0 Å². The van der Waals surface area contributed by atoms with Gasteiger partial charge >= 0.3 is 0 Å². The maximum atomic E-state index is 14.0. The van der Waals surface area contributed by atoms with E-state index in [9.17, 15) is 9.18 Å². The Morgan fingerprint density at radius 3 is 2.62 bits per heavy atom. The number of carbonyl (C=O) groups excluding carboxylic acids is 1. The Morgan fingerprint density at radius 1 is 1.14 bits per heavy atom. The first-order chi connectivity index (χ1) is 10.1. The SMILES string of the molecule is CCc1oc2ccccc2c1C(=O)c1c(F)cccc1Cl. The van der Waals surface area contributed by atoms with Gasteiger partial charge in [-0.1, -0.05) is 42.8 Å². The normalized spacial score (nSPS) is 11.0. The molecule has 1 heterocycles. The number of hydrogen-bond acceptors (Lipinski definition) is 2. The second kappa shape index (κ2) is 5.34. The molecule has 0 aliphatic rings. The van der Waals surface area contributed by atoms with E-state index in [1.165, 1.54) is 18.2 Å². The van der Waals surface area contributed by atoms with Gasteiger partial charge in [0.05, 0.1) is 16.1 Å². The van der Waals surface area contributed by atoms with Gasteiger partial charge in [-0.3, -0.25) is 4.79 Å². The topological polar surface area (TPSA) is 30.2 Å². The number of hydrogen-bond donors (Lipinski definition) is 0. The molecule has 106 valence electrons. The van der Waals surface area contributed by atoms with Crippen LogP contribution in [-0.4, -0.2) is 5.78 Å². The first kappa shape index (κ1) is 13.8. The highest BCUT2D eigenvalue weighted by molar-refractivity contribution is 6.35. The monoisotopic (exact) mass is 302 g/mol. The molecule has 2 aromatic carbocycles. The fourth-order valence-corrected chi connectivity index (χ4v) is 2.68. The highest BCUT2D eigenvalue weighted by Crippen LogP contribution is 2.31. The Bertz CT molecular complexity index is 816. The van der Waals surface area contributed by atoms with Crippen molar-refractivity contribution in [1.82, 2.24) is 0 Å². The third-order valence-corrected chi connectivity index (χ3v) is 3.72. The van der Waals surface area contributed by atoms with Crippen molar-refractivity contribution >= 4 is 28.4 Å². The molecule has 1 aromatic heterocycles. The quantitative estimate of drug-likeness (QED) is 0.636. The molecule has 0 saturated heterocycles. The van der Waals surface area contributed by atoms with Crippen molar-refractivity contribution in [3.8, 4) is 0 Å². The zero-order valence-corrected chi connectivity index (χ0v) is 12.1. The molecule has 21 heavy (non-hydrogen) atoms. The molecule has 0 aliphatic heterocycles. The molecule has 0 aliphatic carbocycles. The van der Waals surface area contributed by atoms with E-state index in [-0.39, 0.29) is 10.6 Å².